The molecule has 0 saturated heterocycles. The highest BCUT2D eigenvalue weighted by atomic mass is 19.1. The fraction of sp³-hybridized carbons (Fsp3) is 0.241. The molecule has 0 spiro atoms. The largest absolute Gasteiger partial charge is 0.494 e. The lowest BCUT2D eigenvalue weighted by Gasteiger charge is -2.28. The molecule has 4 aromatic rings. The Bertz CT molecular complexity index is 1450. The molecule has 0 N–H and O–H groups in total. The zero-order valence-corrected chi connectivity index (χ0v) is 21.1. The Morgan fingerprint density at radius 3 is 2.42 bits per heavy atom. The summed E-state index contributed by atoms with van der Waals surface area (Å²) >= 11 is 0. The van der Waals surface area contributed by atoms with Crippen LogP contribution >= 0.6 is 0 Å². The molecule has 0 atom stereocenters. The second-order valence-electron chi connectivity index (χ2n) is 9.30. The second-order valence-corrected chi connectivity index (χ2v) is 9.30. The highest BCUT2D eigenvalue weighted by Gasteiger charge is 2.29. The molecule has 0 fully saturated rings. The highest BCUT2D eigenvalue weighted by molar-refractivity contribution is 5.94. The third kappa shape index (κ3) is 5.02. The zero-order valence-electron chi connectivity index (χ0n) is 21.1. The maximum atomic E-state index is 14.3. The van der Waals surface area contributed by atoms with Gasteiger partial charge in [0.25, 0.3) is 5.91 Å². The predicted octanol–water partition coefficient (Wildman–Crippen LogP) is 5.13. The Balaban J connectivity index is 1.49. The summed E-state index contributed by atoms with van der Waals surface area (Å²) < 4.78 is 49.4. The first-order valence-corrected chi connectivity index (χ1v) is 12.2. The van der Waals surface area contributed by atoms with Crippen molar-refractivity contribution in [3.8, 4) is 11.4 Å². The van der Waals surface area contributed by atoms with Gasteiger partial charge in [-0.2, -0.15) is 5.10 Å². The summed E-state index contributed by atoms with van der Waals surface area (Å²) in [7, 11) is 3.09. The Labute approximate surface area is 218 Å². The third-order valence-corrected chi connectivity index (χ3v) is 6.76. The number of rotatable bonds is 7. The minimum atomic E-state index is -0.908. The third-order valence-electron chi connectivity index (χ3n) is 6.76. The van der Waals surface area contributed by atoms with Crippen molar-refractivity contribution in [3.63, 3.8) is 0 Å². The van der Waals surface area contributed by atoms with Crippen LogP contribution in [0.25, 0.3) is 5.69 Å². The molecule has 9 heteroatoms. The van der Waals surface area contributed by atoms with E-state index in [1.807, 2.05) is 28.9 Å². The van der Waals surface area contributed by atoms with Crippen LogP contribution in [0.5, 0.6) is 5.75 Å². The molecule has 0 unspecified atom stereocenters. The van der Waals surface area contributed by atoms with Gasteiger partial charge in [0.05, 0.1) is 25.0 Å². The first-order chi connectivity index (χ1) is 18.4. The van der Waals surface area contributed by atoms with Gasteiger partial charge in [-0.15, -0.1) is 0 Å². The average molecular weight is 521 g/mol. The molecular weight excluding hydrogens is 493 g/mol. The van der Waals surface area contributed by atoms with E-state index >= 15 is 0 Å². The highest BCUT2D eigenvalue weighted by Crippen LogP contribution is 2.31. The van der Waals surface area contributed by atoms with E-state index in [-0.39, 0.29) is 12.4 Å². The molecule has 196 valence electrons. The molecule has 38 heavy (non-hydrogen) atoms. The van der Waals surface area contributed by atoms with Crippen molar-refractivity contribution in [2.45, 2.75) is 26.1 Å². The summed E-state index contributed by atoms with van der Waals surface area (Å²) in [5, 5.41) is 4.86. The average Bonchev–Trinajstić information content (AvgIpc) is 3.27. The molecule has 3 aromatic carbocycles. The smallest absolute Gasteiger partial charge is 0.259 e. The van der Waals surface area contributed by atoms with Crippen LogP contribution in [0, 0.1) is 17.5 Å². The molecular formula is C29H27F3N4O2. The molecule has 0 aliphatic carbocycles. The van der Waals surface area contributed by atoms with Crippen molar-refractivity contribution in [3.05, 3.63) is 112 Å². The van der Waals surface area contributed by atoms with Gasteiger partial charge < -0.3 is 9.64 Å². The number of para-hydroxylation sites is 2. The number of carbonyl (C=O) groups is 1. The maximum absolute atomic E-state index is 14.3. The number of halogens is 3. The normalized spacial score (nSPS) is 13.3. The van der Waals surface area contributed by atoms with Gasteiger partial charge in [0.1, 0.15) is 34.5 Å². The maximum Gasteiger partial charge on any atom is 0.259 e. The number of amides is 1. The van der Waals surface area contributed by atoms with Gasteiger partial charge in [0.2, 0.25) is 0 Å². The van der Waals surface area contributed by atoms with Crippen molar-refractivity contribution in [1.29, 1.82) is 0 Å². The Hall–Kier alpha value is -4.11. The Kier molecular flexibility index (Phi) is 7.20. The van der Waals surface area contributed by atoms with Crippen molar-refractivity contribution in [2.24, 2.45) is 0 Å². The lowest BCUT2D eigenvalue weighted by atomic mass is 10.0. The van der Waals surface area contributed by atoms with Gasteiger partial charge in [-0.3, -0.25) is 9.69 Å². The van der Waals surface area contributed by atoms with E-state index in [2.05, 4.69) is 4.90 Å². The van der Waals surface area contributed by atoms with Crippen molar-refractivity contribution in [1.82, 2.24) is 19.6 Å². The SMILES string of the molecule is COc1ccccc1-n1nc(CN(C)C(=O)c2c(F)cccc2F)c2c1CCN(Cc1ccc(F)cc1)C2. The van der Waals surface area contributed by atoms with Crippen LogP contribution in [0.4, 0.5) is 13.2 Å². The molecule has 1 aromatic heterocycles. The topological polar surface area (TPSA) is 50.6 Å². The standard InChI is InChI=1S/C29H27F3N4O2/c1-34(29(37)28-22(31)6-5-7-23(28)32)18-24-21-17-35(16-19-10-12-20(30)13-11-19)15-14-25(21)36(33-24)26-8-3-4-9-27(26)38-2/h3-13H,14-18H2,1-2H3. The summed E-state index contributed by atoms with van der Waals surface area (Å²) in [6, 6.07) is 17.3. The number of hydrogen-bond donors (Lipinski definition) is 0. The lowest BCUT2D eigenvalue weighted by molar-refractivity contribution is 0.0772. The minimum Gasteiger partial charge on any atom is -0.494 e. The van der Waals surface area contributed by atoms with Gasteiger partial charge in [0.15, 0.2) is 0 Å². The zero-order chi connectivity index (χ0) is 26.8. The summed E-state index contributed by atoms with van der Waals surface area (Å²) in [6.07, 6.45) is 0.682. The first-order valence-electron chi connectivity index (χ1n) is 12.2. The van der Waals surface area contributed by atoms with Gasteiger partial charge in [-0.05, 0) is 42.0 Å². The molecule has 0 saturated carbocycles. The number of benzene rings is 3. The minimum absolute atomic E-state index is 0.0570. The van der Waals surface area contributed by atoms with Crippen LogP contribution < -0.4 is 4.74 Å². The molecule has 1 aliphatic heterocycles. The first kappa shape index (κ1) is 25.5. The van der Waals surface area contributed by atoms with Crippen LogP contribution in [-0.2, 0) is 26.1 Å². The van der Waals surface area contributed by atoms with E-state index in [1.165, 1.54) is 30.1 Å². The predicted molar refractivity (Wildman–Crippen MR) is 136 cm³/mol. The number of nitrogens with zero attached hydrogens (tertiary/aromatic N) is 4. The van der Waals surface area contributed by atoms with Gasteiger partial charge in [-0.25, -0.2) is 17.9 Å². The van der Waals surface area contributed by atoms with E-state index in [0.29, 0.717) is 31.0 Å². The van der Waals surface area contributed by atoms with E-state index in [4.69, 9.17) is 9.84 Å². The van der Waals surface area contributed by atoms with Gasteiger partial charge in [-0.1, -0.05) is 30.3 Å². The number of ether oxygens (including phenoxy) is 1. The van der Waals surface area contributed by atoms with Crippen molar-refractivity contribution < 1.29 is 22.7 Å². The number of hydrogen-bond acceptors (Lipinski definition) is 4. The monoisotopic (exact) mass is 520 g/mol. The van der Waals surface area contributed by atoms with Crippen LogP contribution in [0.2, 0.25) is 0 Å². The van der Waals surface area contributed by atoms with Crippen LogP contribution in [0.15, 0.2) is 66.7 Å². The van der Waals surface area contributed by atoms with Crippen LogP contribution in [0.3, 0.4) is 0 Å². The van der Waals surface area contributed by atoms with Crippen LogP contribution in [-0.4, -0.2) is 46.2 Å². The molecule has 1 amide bonds. The van der Waals surface area contributed by atoms with Crippen molar-refractivity contribution >= 4 is 5.91 Å². The van der Waals surface area contributed by atoms with E-state index in [1.54, 1.807) is 19.2 Å². The fourth-order valence-corrected chi connectivity index (χ4v) is 4.85. The Morgan fingerprint density at radius 2 is 1.71 bits per heavy atom. The number of methoxy groups -OCH3 is 1. The molecule has 0 radical (unpaired) electrons. The number of carbonyl (C=O) groups excluding carboxylic acids is 1. The van der Waals surface area contributed by atoms with Gasteiger partial charge in [0, 0.05) is 38.7 Å². The van der Waals surface area contributed by atoms with Gasteiger partial charge >= 0.3 is 0 Å². The lowest BCUT2D eigenvalue weighted by Crippen LogP contribution is -2.32. The number of aromatic nitrogens is 2. The molecule has 2 heterocycles. The summed E-state index contributed by atoms with van der Waals surface area (Å²) in [4.78, 5) is 16.5. The van der Waals surface area contributed by atoms with E-state index in [9.17, 15) is 18.0 Å². The van der Waals surface area contributed by atoms with Crippen LogP contribution in [0.1, 0.15) is 32.9 Å². The van der Waals surface area contributed by atoms with E-state index < -0.39 is 23.1 Å². The number of fused-ring (bicyclic) bond motifs is 1. The Morgan fingerprint density at radius 1 is 1.00 bits per heavy atom. The molecule has 5 rings (SSSR count). The molecule has 0 bridgehead atoms. The second kappa shape index (κ2) is 10.7. The molecule has 6 nitrogen and oxygen atoms in total. The van der Waals surface area contributed by atoms with Crippen molar-refractivity contribution in [2.75, 3.05) is 20.7 Å². The summed E-state index contributed by atoms with van der Waals surface area (Å²) in [5.74, 6) is -2.21. The quantitative estimate of drug-likeness (QED) is 0.339. The summed E-state index contributed by atoms with van der Waals surface area (Å²) in [5.41, 5.74) is 3.71. The van der Waals surface area contributed by atoms with E-state index in [0.717, 1.165) is 41.2 Å². The summed E-state index contributed by atoms with van der Waals surface area (Å²) in [6.45, 7) is 1.98. The fourth-order valence-electron chi connectivity index (χ4n) is 4.85. The molecule has 1 aliphatic rings.